The molecule has 2 heterocycles. The predicted molar refractivity (Wildman–Crippen MR) is 93.3 cm³/mol. The van der Waals surface area contributed by atoms with Crippen molar-refractivity contribution in [2.24, 2.45) is 0 Å². The Labute approximate surface area is 139 Å². The number of ether oxygens (including phenoxy) is 1. The number of piperazine rings is 1. The van der Waals surface area contributed by atoms with Gasteiger partial charge in [-0.05, 0) is 38.6 Å². The SMILES string of the molecule is COc1ccccc1N1CCN(C[C@@]2(O)CCCN(C)C2)CC1. The Morgan fingerprint density at radius 3 is 2.57 bits per heavy atom. The lowest BCUT2D eigenvalue weighted by molar-refractivity contribution is -0.0478. The maximum Gasteiger partial charge on any atom is 0.142 e. The molecule has 2 fully saturated rings. The Bertz CT molecular complexity index is 517. The quantitative estimate of drug-likeness (QED) is 0.905. The molecule has 3 rings (SSSR count). The number of likely N-dealkylation sites (N-methyl/N-ethyl adjacent to an activating group) is 1. The smallest absolute Gasteiger partial charge is 0.142 e. The van der Waals surface area contributed by atoms with Gasteiger partial charge in [0.05, 0.1) is 18.4 Å². The van der Waals surface area contributed by atoms with Crippen molar-refractivity contribution < 1.29 is 9.84 Å². The number of para-hydroxylation sites is 2. The molecular weight excluding hydrogens is 290 g/mol. The van der Waals surface area contributed by atoms with E-state index < -0.39 is 5.60 Å². The molecular formula is C18H29N3O2. The Hall–Kier alpha value is -1.30. The van der Waals surface area contributed by atoms with E-state index in [4.69, 9.17) is 4.74 Å². The lowest BCUT2D eigenvalue weighted by atomic mass is 9.92. The third-order valence-corrected chi connectivity index (χ3v) is 5.06. The van der Waals surface area contributed by atoms with E-state index in [1.165, 1.54) is 5.69 Å². The molecule has 1 N–H and O–H groups in total. The molecule has 0 bridgehead atoms. The van der Waals surface area contributed by atoms with Gasteiger partial charge in [0.15, 0.2) is 0 Å². The molecule has 0 aromatic heterocycles. The van der Waals surface area contributed by atoms with Crippen LogP contribution in [0, 0.1) is 0 Å². The molecule has 0 amide bonds. The topological polar surface area (TPSA) is 39.2 Å². The zero-order valence-corrected chi connectivity index (χ0v) is 14.4. The van der Waals surface area contributed by atoms with Gasteiger partial charge in [0.1, 0.15) is 5.75 Å². The summed E-state index contributed by atoms with van der Waals surface area (Å²) in [4.78, 5) is 7.03. The van der Waals surface area contributed by atoms with E-state index in [-0.39, 0.29) is 0 Å². The summed E-state index contributed by atoms with van der Waals surface area (Å²) >= 11 is 0. The number of rotatable bonds is 4. The van der Waals surface area contributed by atoms with Crippen LogP contribution in [-0.2, 0) is 0 Å². The number of benzene rings is 1. The molecule has 0 radical (unpaired) electrons. The van der Waals surface area contributed by atoms with Crippen molar-refractivity contribution in [1.82, 2.24) is 9.80 Å². The van der Waals surface area contributed by atoms with Gasteiger partial charge in [-0.15, -0.1) is 0 Å². The fourth-order valence-corrected chi connectivity index (χ4v) is 3.92. The number of hydrogen-bond acceptors (Lipinski definition) is 5. The van der Waals surface area contributed by atoms with Gasteiger partial charge in [0.25, 0.3) is 0 Å². The number of hydrogen-bond donors (Lipinski definition) is 1. The van der Waals surface area contributed by atoms with Crippen LogP contribution >= 0.6 is 0 Å². The van der Waals surface area contributed by atoms with Crippen LogP contribution in [0.15, 0.2) is 24.3 Å². The van der Waals surface area contributed by atoms with Crippen LogP contribution in [0.1, 0.15) is 12.8 Å². The van der Waals surface area contributed by atoms with Gasteiger partial charge in [-0.2, -0.15) is 0 Å². The Kier molecular flexibility index (Phi) is 5.09. The summed E-state index contributed by atoms with van der Waals surface area (Å²) < 4.78 is 5.47. The lowest BCUT2D eigenvalue weighted by Gasteiger charge is -2.43. The van der Waals surface area contributed by atoms with Gasteiger partial charge in [-0.25, -0.2) is 0 Å². The van der Waals surface area contributed by atoms with E-state index in [0.717, 1.165) is 64.4 Å². The Balaban J connectivity index is 1.56. The average molecular weight is 319 g/mol. The lowest BCUT2D eigenvalue weighted by Crippen LogP contribution is -2.56. The first-order chi connectivity index (χ1) is 11.1. The minimum Gasteiger partial charge on any atom is -0.495 e. The van der Waals surface area contributed by atoms with E-state index in [1.807, 2.05) is 12.1 Å². The molecule has 1 aromatic carbocycles. The van der Waals surface area contributed by atoms with E-state index in [2.05, 4.69) is 33.9 Å². The van der Waals surface area contributed by atoms with Crippen molar-refractivity contribution in [2.45, 2.75) is 18.4 Å². The normalized spacial score (nSPS) is 27.2. The van der Waals surface area contributed by atoms with Crippen LogP contribution in [0.25, 0.3) is 0 Å². The van der Waals surface area contributed by atoms with Crippen LogP contribution in [0.4, 0.5) is 5.69 Å². The van der Waals surface area contributed by atoms with Crippen LogP contribution in [0.5, 0.6) is 5.75 Å². The summed E-state index contributed by atoms with van der Waals surface area (Å²) in [5, 5.41) is 10.8. The number of piperidine rings is 1. The molecule has 1 aromatic rings. The highest BCUT2D eigenvalue weighted by atomic mass is 16.5. The van der Waals surface area contributed by atoms with Crippen molar-refractivity contribution in [2.75, 3.05) is 64.9 Å². The largest absolute Gasteiger partial charge is 0.495 e. The molecule has 5 heteroatoms. The van der Waals surface area contributed by atoms with Crippen molar-refractivity contribution >= 4 is 5.69 Å². The second-order valence-corrected chi connectivity index (χ2v) is 7.00. The van der Waals surface area contributed by atoms with E-state index in [9.17, 15) is 5.11 Å². The molecule has 5 nitrogen and oxygen atoms in total. The van der Waals surface area contributed by atoms with Gasteiger partial charge < -0.3 is 19.6 Å². The third-order valence-electron chi connectivity index (χ3n) is 5.06. The maximum atomic E-state index is 10.8. The number of aliphatic hydroxyl groups is 1. The second-order valence-electron chi connectivity index (χ2n) is 7.00. The van der Waals surface area contributed by atoms with Crippen molar-refractivity contribution in [3.05, 3.63) is 24.3 Å². The maximum absolute atomic E-state index is 10.8. The molecule has 2 saturated heterocycles. The molecule has 0 saturated carbocycles. The molecule has 0 spiro atoms. The van der Waals surface area contributed by atoms with Crippen molar-refractivity contribution in [3.63, 3.8) is 0 Å². The first-order valence-electron chi connectivity index (χ1n) is 8.61. The van der Waals surface area contributed by atoms with Gasteiger partial charge in [0, 0.05) is 39.3 Å². The standard InChI is InChI=1S/C18H29N3O2/c1-19-9-5-8-18(22,14-19)15-20-10-12-21(13-11-20)16-6-3-4-7-17(16)23-2/h3-4,6-7,22H,5,8-15H2,1-2H3/t18-/m1/s1. The summed E-state index contributed by atoms with van der Waals surface area (Å²) in [5.41, 5.74) is 0.630. The van der Waals surface area contributed by atoms with E-state index in [1.54, 1.807) is 7.11 Å². The average Bonchev–Trinajstić information content (AvgIpc) is 2.55. The highest BCUT2D eigenvalue weighted by molar-refractivity contribution is 5.58. The highest BCUT2D eigenvalue weighted by Gasteiger charge is 2.34. The number of likely N-dealkylation sites (tertiary alicyclic amines) is 1. The van der Waals surface area contributed by atoms with E-state index in [0.29, 0.717) is 0 Å². The van der Waals surface area contributed by atoms with Gasteiger partial charge in [-0.1, -0.05) is 12.1 Å². The molecule has 0 unspecified atom stereocenters. The number of β-amino-alcohol motifs (C(OH)–C–C–N with tert-alkyl or cyclic N) is 1. The minimum absolute atomic E-state index is 0.542. The van der Waals surface area contributed by atoms with Crippen LogP contribution < -0.4 is 9.64 Å². The number of methoxy groups -OCH3 is 1. The summed E-state index contributed by atoms with van der Waals surface area (Å²) in [6.45, 7) is 6.62. The van der Waals surface area contributed by atoms with Crippen molar-refractivity contribution in [3.8, 4) is 5.75 Å². The monoisotopic (exact) mass is 319 g/mol. The molecule has 128 valence electrons. The summed E-state index contributed by atoms with van der Waals surface area (Å²) in [7, 11) is 3.83. The number of anilines is 1. The number of nitrogens with zero attached hydrogens (tertiary/aromatic N) is 3. The van der Waals surface area contributed by atoms with E-state index >= 15 is 0 Å². The van der Waals surface area contributed by atoms with Gasteiger partial charge in [0.2, 0.25) is 0 Å². The predicted octanol–water partition coefficient (Wildman–Crippen LogP) is 1.27. The zero-order valence-electron chi connectivity index (χ0n) is 14.4. The van der Waals surface area contributed by atoms with Crippen molar-refractivity contribution in [1.29, 1.82) is 0 Å². The second kappa shape index (κ2) is 7.07. The first kappa shape index (κ1) is 16.6. The fourth-order valence-electron chi connectivity index (χ4n) is 3.92. The summed E-state index contributed by atoms with van der Waals surface area (Å²) in [6, 6.07) is 8.21. The van der Waals surface area contributed by atoms with Gasteiger partial charge >= 0.3 is 0 Å². The van der Waals surface area contributed by atoms with Gasteiger partial charge in [-0.3, -0.25) is 4.90 Å². The zero-order chi connectivity index (χ0) is 16.3. The fraction of sp³-hybridized carbons (Fsp3) is 0.667. The summed E-state index contributed by atoms with van der Waals surface area (Å²) in [5.74, 6) is 0.938. The molecule has 2 aliphatic heterocycles. The van der Waals surface area contributed by atoms with Crippen LogP contribution in [0.2, 0.25) is 0 Å². The highest BCUT2D eigenvalue weighted by Crippen LogP contribution is 2.29. The minimum atomic E-state index is -0.542. The van der Waals surface area contributed by atoms with Crippen LogP contribution in [-0.4, -0.2) is 80.5 Å². The Morgan fingerprint density at radius 2 is 1.87 bits per heavy atom. The first-order valence-corrected chi connectivity index (χ1v) is 8.61. The third kappa shape index (κ3) is 3.97. The molecule has 23 heavy (non-hydrogen) atoms. The molecule has 1 atom stereocenters. The Morgan fingerprint density at radius 1 is 1.13 bits per heavy atom. The van der Waals surface area contributed by atoms with Crippen LogP contribution in [0.3, 0.4) is 0 Å². The molecule has 0 aliphatic carbocycles. The summed E-state index contributed by atoms with van der Waals surface area (Å²) in [6.07, 6.45) is 2.01. The molecule has 2 aliphatic rings.